The van der Waals surface area contributed by atoms with Gasteiger partial charge in [-0.25, -0.2) is 4.98 Å². The van der Waals surface area contributed by atoms with Crippen molar-refractivity contribution in [3.05, 3.63) is 51.9 Å². The highest BCUT2D eigenvalue weighted by Crippen LogP contribution is 2.30. The van der Waals surface area contributed by atoms with Crippen LogP contribution in [0.5, 0.6) is 0 Å². The van der Waals surface area contributed by atoms with Crippen LogP contribution in [-0.2, 0) is 11.3 Å². The number of benzene rings is 1. The Morgan fingerprint density at radius 3 is 2.52 bits per heavy atom. The molecule has 140 valence electrons. The van der Waals surface area contributed by atoms with Gasteiger partial charge in [0.05, 0.1) is 11.7 Å². The monoisotopic (exact) mass is 381 g/mol. The van der Waals surface area contributed by atoms with E-state index in [9.17, 15) is 9.59 Å². The molecule has 4 rings (SSSR count). The van der Waals surface area contributed by atoms with Crippen LogP contribution < -0.4 is 5.56 Å². The number of rotatable bonds is 3. The van der Waals surface area contributed by atoms with Crippen LogP contribution in [0.1, 0.15) is 31.2 Å². The average molecular weight is 382 g/mol. The largest absolute Gasteiger partial charge is 0.341 e. The molecule has 0 radical (unpaired) electrons. The molecular formula is C21H23N3O2S. The van der Waals surface area contributed by atoms with Crippen molar-refractivity contribution in [1.82, 2.24) is 14.5 Å². The molecule has 6 heteroatoms. The third-order valence-corrected chi connectivity index (χ3v) is 6.07. The van der Waals surface area contributed by atoms with E-state index >= 15 is 0 Å². The van der Waals surface area contributed by atoms with Crippen molar-refractivity contribution in [2.24, 2.45) is 0 Å². The van der Waals surface area contributed by atoms with Gasteiger partial charge in [-0.1, -0.05) is 42.7 Å². The molecule has 0 spiro atoms. The highest BCUT2D eigenvalue weighted by atomic mass is 32.1. The average Bonchev–Trinajstić information content (AvgIpc) is 2.91. The van der Waals surface area contributed by atoms with Crippen LogP contribution in [0.3, 0.4) is 0 Å². The van der Waals surface area contributed by atoms with E-state index in [2.05, 4.69) is 4.98 Å². The molecule has 0 unspecified atom stereocenters. The van der Waals surface area contributed by atoms with Gasteiger partial charge in [-0.15, -0.1) is 11.3 Å². The number of nitrogens with zero attached hydrogens (tertiary/aromatic N) is 3. The van der Waals surface area contributed by atoms with E-state index < -0.39 is 0 Å². The first-order valence-corrected chi connectivity index (χ1v) is 10.3. The molecule has 0 atom stereocenters. The van der Waals surface area contributed by atoms with Gasteiger partial charge in [0.1, 0.15) is 11.4 Å². The quantitative estimate of drug-likeness (QED) is 0.693. The molecule has 3 aromatic rings. The molecule has 0 bridgehead atoms. The van der Waals surface area contributed by atoms with Crippen molar-refractivity contribution >= 4 is 27.5 Å². The predicted octanol–water partition coefficient (Wildman–Crippen LogP) is 3.84. The number of carbonyl (C=O) groups is 1. The Labute approximate surface area is 162 Å². The van der Waals surface area contributed by atoms with Gasteiger partial charge in [-0.3, -0.25) is 14.2 Å². The fourth-order valence-corrected chi connectivity index (χ4v) is 4.50. The second-order valence-electron chi connectivity index (χ2n) is 7.17. The molecule has 1 aliphatic rings. The number of amides is 1. The molecule has 0 saturated carbocycles. The van der Waals surface area contributed by atoms with E-state index in [1.54, 1.807) is 0 Å². The Kier molecular flexibility index (Phi) is 5.07. The highest BCUT2D eigenvalue weighted by molar-refractivity contribution is 7.17. The highest BCUT2D eigenvalue weighted by Gasteiger charge is 2.18. The predicted molar refractivity (Wildman–Crippen MR) is 109 cm³/mol. The summed E-state index contributed by atoms with van der Waals surface area (Å²) in [6, 6.07) is 8.12. The fourth-order valence-electron chi connectivity index (χ4n) is 3.59. The van der Waals surface area contributed by atoms with E-state index in [-0.39, 0.29) is 18.0 Å². The number of likely N-dealkylation sites (tertiary alicyclic amines) is 1. The van der Waals surface area contributed by atoms with Crippen LogP contribution >= 0.6 is 11.3 Å². The Balaban J connectivity index is 1.67. The van der Waals surface area contributed by atoms with E-state index in [4.69, 9.17) is 0 Å². The summed E-state index contributed by atoms with van der Waals surface area (Å²) < 4.78 is 1.46. The first kappa shape index (κ1) is 17.9. The SMILES string of the molecule is Cc1ccc(-c2csc3ncn(CC(=O)N4CCCCCC4)c(=O)c23)cc1. The lowest BCUT2D eigenvalue weighted by Gasteiger charge is -2.20. The third-order valence-electron chi connectivity index (χ3n) is 5.19. The topological polar surface area (TPSA) is 55.2 Å². The number of aryl methyl sites for hydroxylation is 1. The van der Waals surface area contributed by atoms with Crippen molar-refractivity contribution in [1.29, 1.82) is 0 Å². The Bertz CT molecular complexity index is 1010. The van der Waals surface area contributed by atoms with Gasteiger partial charge in [-0.2, -0.15) is 0 Å². The van der Waals surface area contributed by atoms with Gasteiger partial charge in [0, 0.05) is 24.0 Å². The number of carbonyl (C=O) groups excluding carboxylic acids is 1. The first-order chi connectivity index (χ1) is 13.1. The van der Waals surface area contributed by atoms with E-state index in [1.807, 2.05) is 41.5 Å². The summed E-state index contributed by atoms with van der Waals surface area (Å²) in [5.41, 5.74) is 2.93. The lowest BCUT2D eigenvalue weighted by Crippen LogP contribution is -2.37. The van der Waals surface area contributed by atoms with E-state index in [0.29, 0.717) is 10.2 Å². The summed E-state index contributed by atoms with van der Waals surface area (Å²) >= 11 is 1.47. The number of hydrogen-bond acceptors (Lipinski definition) is 4. The Morgan fingerprint density at radius 2 is 1.81 bits per heavy atom. The molecule has 5 nitrogen and oxygen atoms in total. The maximum atomic E-state index is 13.1. The summed E-state index contributed by atoms with van der Waals surface area (Å²) in [5.74, 6) is 0.00673. The zero-order valence-electron chi connectivity index (χ0n) is 15.5. The number of aromatic nitrogens is 2. The summed E-state index contributed by atoms with van der Waals surface area (Å²) in [4.78, 5) is 32.8. The molecule has 1 aliphatic heterocycles. The van der Waals surface area contributed by atoms with Crippen LogP contribution in [0.4, 0.5) is 0 Å². The van der Waals surface area contributed by atoms with E-state index in [0.717, 1.165) is 37.1 Å². The minimum atomic E-state index is -0.139. The summed E-state index contributed by atoms with van der Waals surface area (Å²) in [5, 5.41) is 2.58. The lowest BCUT2D eigenvalue weighted by atomic mass is 10.1. The lowest BCUT2D eigenvalue weighted by molar-refractivity contribution is -0.131. The van der Waals surface area contributed by atoms with E-state index in [1.165, 1.54) is 40.6 Å². The van der Waals surface area contributed by atoms with Crippen molar-refractivity contribution in [3.63, 3.8) is 0 Å². The molecular weight excluding hydrogens is 358 g/mol. The molecule has 0 N–H and O–H groups in total. The summed E-state index contributed by atoms with van der Waals surface area (Å²) in [6.45, 7) is 3.68. The first-order valence-electron chi connectivity index (χ1n) is 9.45. The molecule has 0 aliphatic carbocycles. The fraction of sp³-hybridized carbons (Fsp3) is 0.381. The molecule has 1 aromatic carbocycles. The molecule has 27 heavy (non-hydrogen) atoms. The van der Waals surface area contributed by atoms with Crippen LogP contribution in [0.25, 0.3) is 21.3 Å². The number of thiophene rings is 1. The summed E-state index contributed by atoms with van der Waals surface area (Å²) in [6.07, 6.45) is 5.94. The van der Waals surface area contributed by atoms with Gasteiger partial charge in [0.2, 0.25) is 5.91 Å². The zero-order valence-corrected chi connectivity index (χ0v) is 16.3. The Hall–Kier alpha value is -2.47. The maximum Gasteiger partial charge on any atom is 0.263 e. The van der Waals surface area contributed by atoms with Gasteiger partial charge in [-0.05, 0) is 25.3 Å². The van der Waals surface area contributed by atoms with Crippen molar-refractivity contribution < 1.29 is 4.79 Å². The number of fused-ring (bicyclic) bond motifs is 1. The van der Waals surface area contributed by atoms with Crippen molar-refractivity contribution in [3.8, 4) is 11.1 Å². The van der Waals surface area contributed by atoms with Crippen LogP contribution in [0, 0.1) is 6.92 Å². The second kappa shape index (κ2) is 7.64. The zero-order chi connectivity index (χ0) is 18.8. The third kappa shape index (κ3) is 3.67. The number of hydrogen-bond donors (Lipinski definition) is 0. The molecule has 1 fully saturated rings. The van der Waals surface area contributed by atoms with Crippen LogP contribution in [-0.4, -0.2) is 33.4 Å². The van der Waals surface area contributed by atoms with Gasteiger partial charge >= 0.3 is 0 Å². The normalized spacial score (nSPS) is 15.1. The molecule has 1 saturated heterocycles. The van der Waals surface area contributed by atoms with Gasteiger partial charge in [0.15, 0.2) is 0 Å². The van der Waals surface area contributed by atoms with Crippen LogP contribution in [0.15, 0.2) is 40.8 Å². The van der Waals surface area contributed by atoms with Crippen molar-refractivity contribution in [2.45, 2.75) is 39.2 Å². The second-order valence-corrected chi connectivity index (χ2v) is 8.03. The minimum absolute atomic E-state index is 0.00673. The van der Waals surface area contributed by atoms with Gasteiger partial charge < -0.3 is 4.90 Å². The molecule has 3 heterocycles. The smallest absolute Gasteiger partial charge is 0.263 e. The standard InChI is InChI=1S/C21H23N3O2S/c1-15-6-8-16(9-7-15)17-13-27-20-19(17)21(26)24(14-22-20)12-18(25)23-10-4-2-3-5-11-23/h6-9,13-14H,2-5,10-12H2,1H3. The molecule has 1 amide bonds. The summed E-state index contributed by atoms with van der Waals surface area (Å²) in [7, 11) is 0. The Morgan fingerprint density at radius 1 is 1.11 bits per heavy atom. The molecule has 2 aromatic heterocycles. The van der Waals surface area contributed by atoms with Crippen LogP contribution in [0.2, 0.25) is 0 Å². The van der Waals surface area contributed by atoms with Crippen molar-refractivity contribution in [2.75, 3.05) is 13.1 Å². The minimum Gasteiger partial charge on any atom is -0.341 e. The van der Waals surface area contributed by atoms with Gasteiger partial charge in [0.25, 0.3) is 5.56 Å². The maximum absolute atomic E-state index is 13.1.